The van der Waals surface area contributed by atoms with Crippen LogP contribution < -0.4 is 4.90 Å². The van der Waals surface area contributed by atoms with Crippen LogP contribution in [0.15, 0.2) is 197 Å². The Bertz CT molecular complexity index is 3030. The molecule has 2 heterocycles. The van der Waals surface area contributed by atoms with Gasteiger partial charge in [0.1, 0.15) is 11.0 Å². The first-order valence-corrected chi connectivity index (χ1v) is 18.4. The second kappa shape index (κ2) is 12.6. The van der Waals surface area contributed by atoms with Gasteiger partial charge in [0.2, 0.25) is 11.8 Å². The normalized spacial score (nSPS) is 11.6. The second-order valence-corrected chi connectivity index (χ2v) is 13.9. The summed E-state index contributed by atoms with van der Waals surface area (Å²) >= 11 is 0. The van der Waals surface area contributed by atoms with Crippen molar-refractivity contribution in [1.82, 2.24) is 9.97 Å². The molecule has 5 nitrogen and oxygen atoms in total. The van der Waals surface area contributed by atoms with Gasteiger partial charge in [-0.3, -0.25) is 0 Å². The van der Waals surface area contributed by atoms with Crippen LogP contribution in [0.4, 0.5) is 17.1 Å². The van der Waals surface area contributed by atoms with E-state index in [0.717, 1.165) is 55.8 Å². The zero-order valence-corrected chi connectivity index (χ0v) is 29.6. The van der Waals surface area contributed by atoms with E-state index in [-0.39, 0.29) is 0 Å². The number of rotatable bonds is 6. The van der Waals surface area contributed by atoms with E-state index < -0.39 is 0 Å². The van der Waals surface area contributed by atoms with Crippen LogP contribution in [0.5, 0.6) is 0 Å². The molecule has 0 aliphatic carbocycles. The number of nitrogens with zero attached hydrogens (tertiary/aromatic N) is 3. The third kappa shape index (κ3) is 5.49. The molecule has 55 heavy (non-hydrogen) atoms. The number of hydrogen-bond acceptors (Lipinski definition) is 5. The van der Waals surface area contributed by atoms with E-state index in [0.29, 0.717) is 11.8 Å². The number of anilines is 3. The average Bonchev–Trinajstić information content (AvgIpc) is 3.89. The van der Waals surface area contributed by atoms with Gasteiger partial charge in [-0.15, -0.1) is 0 Å². The van der Waals surface area contributed by atoms with Crippen LogP contribution in [0.25, 0.3) is 88.6 Å². The number of oxazole rings is 2. The van der Waals surface area contributed by atoms with E-state index in [9.17, 15) is 0 Å². The molecule has 0 spiro atoms. The summed E-state index contributed by atoms with van der Waals surface area (Å²) in [6.45, 7) is 0. The lowest BCUT2D eigenvalue weighted by Gasteiger charge is -2.26. The van der Waals surface area contributed by atoms with Gasteiger partial charge in [0, 0.05) is 28.2 Å². The van der Waals surface area contributed by atoms with Gasteiger partial charge >= 0.3 is 0 Å². The van der Waals surface area contributed by atoms with Crippen molar-refractivity contribution in [3.63, 3.8) is 0 Å². The summed E-state index contributed by atoms with van der Waals surface area (Å²) in [5.74, 6) is 1.20. The fourth-order valence-corrected chi connectivity index (χ4v) is 7.69. The van der Waals surface area contributed by atoms with Crippen LogP contribution in [-0.2, 0) is 0 Å². The lowest BCUT2D eigenvalue weighted by atomic mass is 9.96. The molecule has 0 saturated carbocycles. The Labute approximate surface area is 316 Å². The summed E-state index contributed by atoms with van der Waals surface area (Å²) < 4.78 is 12.2. The Hall–Kier alpha value is -7.50. The molecule has 0 bridgehead atoms. The molecular formula is C50H31N3O2. The summed E-state index contributed by atoms with van der Waals surface area (Å²) in [7, 11) is 0. The van der Waals surface area contributed by atoms with Gasteiger partial charge < -0.3 is 13.7 Å². The first-order valence-electron chi connectivity index (χ1n) is 18.4. The van der Waals surface area contributed by atoms with E-state index in [4.69, 9.17) is 18.8 Å². The number of fused-ring (bicyclic) bond motifs is 6. The molecule has 11 aromatic rings. The predicted octanol–water partition coefficient (Wildman–Crippen LogP) is 13.9. The van der Waals surface area contributed by atoms with E-state index in [1.165, 1.54) is 38.1 Å². The minimum atomic E-state index is 0.600. The van der Waals surface area contributed by atoms with Gasteiger partial charge in [-0.25, -0.2) is 9.97 Å². The fraction of sp³-hybridized carbons (Fsp3) is 0. The van der Waals surface area contributed by atoms with Gasteiger partial charge in [-0.05, 0) is 141 Å². The summed E-state index contributed by atoms with van der Waals surface area (Å²) in [5.41, 5.74) is 10.5. The fourth-order valence-electron chi connectivity index (χ4n) is 7.69. The van der Waals surface area contributed by atoms with Crippen LogP contribution >= 0.6 is 0 Å². The van der Waals surface area contributed by atoms with Gasteiger partial charge in [-0.1, -0.05) is 91.0 Å². The van der Waals surface area contributed by atoms with Crippen molar-refractivity contribution in [2.45, 2.75) is 0 Å². The van der Waals surface area contributed by atoms with Crippen LogP contribution in [0.2, 0.25) is 0 Å². The molecule has 11 rings (SSSR count). The molecule has 0 aliphatic heterocycles. The van der Waals surface area contributed by atoms with E-state index >= 15 is 0 Å². The van der Waals surface area contributed by atoms with Gasteiger partial charge in [0.25, 0.3) is 0 Å². The lowest BCUT2D eigenvalue weighted by molar-refractivity contribution is 0.619. The molecule has 0 saturated heterocycles. The molecular weight excluding hydrogens is 675 g/mol. The predicted molar refractivity (Wildman–Crippen MR) is 225 cm³/mol. The summed E-state index contributed by atoms with van der Waals surface area (Å²) in [6.07, 6.45) is 0. The van der Waals surface area contributed by atoms with E-state index in [1.54, 1.807) is 0 Å². The van der Waals surface area contributed by atoms with Crippen molar-refractivity contribution in [1.29, 1.82) is 0 Å². The van der Waals surface area contributed by atoms with E-state index in [2.05, 4.69) is 144 Å². The molecule has 0 N–H and O–H groups in total. The third-order valence-electron chi connectivity index (χ3n) is 10.5. The number of aromatic nitrogens is 2. The quantitative estimate of drug-likeness (QED) is 0.161. The second-order valence-electron chi connectivity index (χ2n) is 13.9. The number of hydrogen-bond donors (Lipinski definition) is 0. The number of benzene rings is 9. The lowest BCUT2D eigenvalue weighted by Crippen LogP contribution is -2.09. The zero-order chi connectivity index (χ0) is 36.3. The molecule has 9 aromatic carbocycles. The van der Waals surface area contributed by atoms with Crippen LogP contribution in [0.3, 0.4) is 0 Å². The molecule has 0 unspecified atom stereocenters. The highest BCUT2D eigenvalue weighted by atomic mass is 16.4. The molecule has 0 aliphatic rings. The number of para-hydroxylation sites is 4. The van der Waals surface area contributed by atoms with Crippen LogP contribution in [0.1, 0.15) is 0 Å². The monoisotopic (exact) mass is 705 g/mol. The van der Waals surface area contributed by atoms with Crippen LogP contribution in [-0.4, -0.2) is 9.97 Å². The standard InChI is InChI=1S/C50H31N3O2/c1-2-8-43-32(7-1)13-16-39-30-37(22-28-44(39)43)35-14-15-38-31-42(27-21-36(38)29-35)53(40-23-17-33(18-24-40)49-51-45-9-3-5-11-47(45)54-49)41-25-19-34(20-26-41)50-52-46-10-4-6-12-48(46)55-50/h1-31H. The molecule has 0 fully saturated rings. The Morgan fingerprint density at radius 3 is 1.44 bits per heavy atom. The minimum Gasteiger partial charge on any atom is -0.436 e. The Kier molecular flexibility index (Phi) is 7.10. The van der Waals surface area contributed by atoms with Gasteiger partial charge in [0.15, 0.2) is 11.2 Å². The maximum atomic E-state index is 6.09. The maximum Gasteiger partial charge on any atom is 0.227 e. The largest absolute Gasteiger partial charge is 0.436 e. The zero-order valence-electron chi connectivity index (χ0n) is 29.6. The minimum absolute atomic E-state index is 0.600. The first-order chi connectivity index (χ1) is 27.2. The highest BCUT2D eigenvalue weighted by Gasteiger charge is 2.17. The van der Waals surface area contributed by atoms with Crippen LogP contribution in [0, 0.1) is 0 Å². The highest BCUT2D eigenvalue weighted by Crippen LogP contribution is 2.39. The topological polar surface area (TPSA) is 55.3 Å². The molecule has 5 heteroatoms. The smallest absolute Gasteiger partial charge is 0.227 e. The molecule has 0 amide bonds. The van der Waals surface area contributed by atoms with E-state index in [1.807, 2.05) is 48.5 Å². The SMILES string of the molecule is c1ccc2c(c1)ccc1cc(-c3ccc4cc(N(c5ccc(-c6nc7ccccc7o6)cc5)c5ccc(-c6nc7ccccc7o6)cc5)ccc4c3)ccc12. The molecule has 2 aromatic heterocycles. The molecule has 0 atom stereocenters. The summed E-state index contributed by atoms with van der Waals surface area (Å²) in [4.78, 5) is 11.7. The Morgan fingerprint density at radius 1 is 0.327 bits per heavy atom. The van der Waals surface area contributed by atoms with Gasteiger partial charge in [-0.2, -0.15) is 0 Å². The molecule has 0 radical (unpaired) electrons. The van der Waals surface area contributed by atoms with Gasteiger partial charge in [0.05, 0.1) is 0 Å². The first kappa shape index (κ1) is 31.1. The Morgan fingerprint density at radius 2 is 0.782 bits per heavy atom. The summed E-state index contributed by atoms with van der Waals surface area (Å²) in [5, 5.41) is 7.39. The maximum absolute atomic E-state index is 6.09. The highest BCUT2D eigenvalue weighted by molar-refractivity contribution is 6.08. The average molecular weight is 706 g/mol. The van der Waals surface area contributed by atoms with Crippen molar-refractivity contribution in [2.24, 2.45) is 0 Å². The van der Waals surface area contributed by atoms with Crippen molar-refractivity contribution in [3.8, 4) is 34.0 Å². The Balaban J connectivity index is 0.969. The van der Waals surface area contributed by atoms with Crippen molar-refractivity contribution in [3.05, 3.63) is 188 Å². The third-order valence-corrected chi connectivity index (χ3v) is 10.5. The van der Waals surface area contributed by atoms with Crippen molar-refractivity contribution in [2.75, 3.05) is 4.90 Å². The van der Waals surface area contributed by atoms with Crippen molar-refractivity contribution < 1.29 is 8.83 Å². The summed E-state index contributed by atoms with van der Waals surface area (Å²) in [6, 6.07) is 65.7. The van der Waals surface area contributed by atoms with Crippen molar-refractivity contribution >= 4 is 71.6 Å². The molecule has 258 valence electrons.